The Balaban J connectivity index is 1.80. The molecule has 0 aromatic heterocycles. The summed E-state index contributed by atoms with van der Waals surface area (Å²) in [6.07, 6.45) is 5.55. The van der Waals surface area contributed by atoms with E-state index in [1.807, 2.05) is 0 Å². The van der Waals surface area contributed by atoms with Crippen molar-refractivity contribution in [3.8, 4) is 0 Å². The molecule has 0 fully saturated rings. The van der Waals surface area contributed by atoms with Gasteiger partial charge in [-0.1, -0.05) is 54.1 Å². The van der Waals surface area contributed by atoms with E-state index in [4.69, 9.17) is 0 Å². The second-order valence-corrected chi connectivity index (χ2v) is 8.29. The highest BCUT2D eigenvalue weighted by Gasteiger charge is 2.08. The van der Waals surface area contributed by atoms with Crippen LogP contribution in [0.4, 0.5) is 0 Å². The Morgan fingerprint density at radius 2 is 1.65 bits per heavy atom. The topological polar surface area (TPSA) is 20.3 Å². The number of carbonyl (C=O) groups is 1. The lowest BCUT2D eigenvalue weighted by molar-refractivity contribution is -0.119. The minimum absolute atomic E-state index is 0.394. The van der Waals surface area contributed by atoms with E-state index in [-0.39, 0.29) is 0 Å². The molecule has 0 spiro atoms. The minimum Gasteiger partial charge on any atom is -0.309 e. The molecule has 0 saturated heterocycles. The average molecular weight is 370 g/mol. The normalized spacial score (nSPS) is 11.1. The summed E-state index contributed by atoms with van der Waals surface area (Å²) in [6.45, 7) is 3.21. The zero-order chi connectivity index (χ0) is 18.8. The maximum atomic E-state index is 12.2. The molecule has 0 heterocycles. The van der Waals surface area contributed by atoms with Crippen molar-refractivity contribution in [2.75, 3.05) is 20.6 Å². The van der Waals surface area contributed by atoms with Crippen molar-refractivity contribution in [1.29, 1.82) is 0 Å². The number of hydrogen-bond acceptors (Lipinski definition) is 3. The van der Waals surface area contributed by atoms with Crippen molar-refractivity contribution < 1.29 is 4.79 Å². The number of ketones is 1. The predicted octanol–water partition coefficient (Wildman–Crippen LogP) is 5.77. The first kappa shape index (κ1) is 20.7. The molecule has 2 rings (SSSR count). The Morgan fingerprint density at radius 1 is 0.923 bits per heavy atom. The number of benzene rings is 2. The molecule has 140 valence electrons. The second-order valence-electron chi connectivity index (χ2n) is 7.18. The Bertz CT molecular complexity index is 679. The molecule has 0 saturated carbocycles. The Kier molecular flexibility index (Phi) is 8.93. The van der Waals surface area contributed by atoms with Crippen molar-refractivity contribution >= 4 is 17.5 Å². The molecule has 0 atom stereocenters. The SMILES string of the molecule is Cc1ccc(Sc2ccccc2CCC(=O)CCCCCN(C)C)cc1. The summed E-state index contributed by atoms with van der Waals surface area (Å²) in [5.74, 6) is 0.394. The monoisotopic (exact) mass is 369 g/mol. The molecule has 0 amide bonds. The van der Waals surface area contributed by atoms with Crippen molar-refractivity contribution in [3.05, 3.63) is 59.7 Å². The Hall–Kier alpha value is -1.58. The molecule has 0 aliphatic rings. The third-order valence-electron chi connectivity index (χ3n) is 4.46. The summed E-state index contributed by atoms with van der Waals surface area (Å²) in [7, 11) is 4.19. The number of Topliss-reactive ketones (excluding diaryl/α,β-unsaturated/α-hetero) is 1. The first-order chi connectivity index (χ1) is 12.5. The smallest absolute Gasteiger partial charge is 0.133 e. The number of aryl methyl sites for hydroxylation is 2. The lowest BCUT2D eigenvalue weighted by Crippen LogP contribution is -2.12. The zero-order valence-electron chi connectivity index (χ0n) is 16.3. The third-order valence-corrected chi connectivity index (χ3v) is 5.58. The number of nitrogens with zero attached hydrogens (tertiary/aromatic N) is 1. The van der Waals surface area contributed by atoms with Crippen LogP contribution in [-0.2, 0) is 11.2 Å². The summed E-state index contributed by atoms with van der Waals surface area (Å²) in [5.41, 5.74) is 2.55. The highest BCUT2D eigenvalue weighted by Crippen LogP contribution is 2.31. The predicted molar refractivity (Wildman–Crippen MR) is 112 cm³/mol. The van der Waals surface area contributed by atoms with Gasteiger partial charge in [-0.2, -0.15) is 0 Å². The molecule has 2 nitrogen and oxygen atoms in total. The van der Waals surface area contributed by atoms with Crippen LogP contribution in [0.1, 0.15) is 43.2 Å². The van der Waals surface area contributed by atoms with Gasteiger partial charge in [-0.15, -0.1) is 0 Å². The summed E-state index contributed by atoms with van der Waals surface area (Å²) >= 11 is 1.79. The van der Waals surface area contributed by atoms with Gasteiger partial charge in [-0.3, -0.25) is 4.79 Å². The maximum Gasteiger partial charge on any atom is 0.133 e. The van der Waals surface area contributed by atoms with E-state index in [0.717, 1.165) is 32.2 Å². The summed E-state index contributed by atoms with van der Waals surface area (Å²) in [4.78, 5) is 16.9. The van der Waals surface area contributed by atoms with E-state index < -0.39 is 0 Å². The fraction of sp³-hybridized carbons (Fsp3) is 0.435. The van der Waals surface area contributed by atoms with Crippen molar-refractivity contribution in [3.63, 3.8) is 0 Å². The standard InChI is InChI=1S/C23H31NOS/c1-19-12-16-22(17-13-19)26-23-11-7-6-9-20(23)14-15-21(25)10-5-4-8-18-24(2)3/h6-7,9,11-13,16-17H,4-5,8,10,14-15,18H2,1-3H3. The summed E-state index contributed by atoms with van der Waals surface area (Å²) in [5, 5.41) is 0. The van der Waals surface area contributed by atoms with Crippen molar-refractivity contribution in [1.82, 2.24) is 4.90 Å². The molecule has 0 aliphatic heterocycles. The van der Waals surface area contributed by atoms with Gasteiger partial charge in [-0.05, 0) is 70.6 Å². The molecule has 2 aromatic rings. The van der Waals surface area contributed by atoms with Gasteiger partial charge in [0.25, 0.3) is 0 Å². The van der Waals surface area contributed by atoms with Gasteiger partial charge in [-0.25, -0.2) is 0 Å². The van der Waals surface area contributed by atoms with E-state index in [1.165, 1.54) is 27.3 Å². The van der Waals surface area contributed by atoms with Crippen LogP contribution in [0.25, 0.3) is 0 Å². The molecule has 0 radical (unpaired) electrons. The van der Waals surface area contributed by atoms with Gasteiger partial charge in [0, 0.05) is 22.6 Å². The fourth-order valence-corrected chi connectivity index (χ4v) is 3.84. The van der Waals surface area contributed by atoms with Gasteiger partial charge in [0.1, 0.15) is 5.78 Å². The zero-order valence-corrected chi connectivity index (χ0v) is 17.1. The van der Waals surface area contributed by atoms with E-state index in [2.05, 4.69) is 74.4 Å². The molecule has 0 aliphatic carbocycles. The number of unbranched alkanes of at least 4 members (excludes halogenated alkanes) is 2. The highest BCUT2D eigenvalue weighted by molar-refractivity contribution is 7.99. The number of hydrogen-bond donors (Lipinski definition) is 0. The van der Waals surface area contributed by atoms with E-state index >= 15 is 0 Å². The molecule has 3 heteroatoms. The lowest BCUT2D eigenvalue weighted by atomic mass is 10.0. The van der Waals surface area contributed by atoms with Crippen LogP contribution in [0.3, 0.4) is 0 Å². The quantitative estimate of drug-likeness (QED) is 0.469. The van der Waals surface area contributed by atoms with E-state index in [9.17, 15) is 4.79 Å². The minimum atomic E-state index is 0.394. The molecule has 0 N–H and O–H groups in total. The van der Waals surface area contributed by atoms with Crippen LogP contribution in [0.15, 0.2) is 58.3 Å². The van der Waals surface area contributed by atoms with Crippen LogP contribution in [0, 0.1) is 6.92 Å². The summed E-state index contributed by atoms with van der Waals surface area (Å²) < 4.78 is 0. The highest BCUT2D eigenvalue weighted by atomic mass is 32.2. The van der Waals surface area contributed by atoms with Crippen LogP contribution < -0.4 is 0 Å². The van der Waals surface area contributed by atoms with Crippen molar-refractivity contribution in [2.45, 2.75) is 55.2 Å². The first-order valence-corrected chi connectivity index (χ1v) is 10.3. The van der Waals surface area contributed by atoms with E-state index in [1.54, 1.807) is 11.8 Å². The van der Waals surface area contributed by atoms with Crippen LogP contribution in [0.5, 0.6) is 0 Å². The van der Waals surface area contributed by atoms with Crippen LogP contribution in [-0.4, -0.2) is 31.3 Å². The van der Waals surface area contributed by atoms with Gasteiger partial charge < -0.3 is 4.90 Å². The molecule has 0 unspecified atom stereocenters. The largest absolute Gasteiger partial charge is 0.309 e. The van der Waals surface area contributed by atoms with Crippen LogP contribution in [0.2, 0.25) is 0 Å². The van der Waals surface area contributed by atoms with Crippen molar-refractivity contribution in [2.24, 2.45) is 0 Å². The molecular weight excluding hydrogens is 338 g/mol. The Labute approximate surface area is 163 Å². The molecule has 0 bridgehead atoms. The van der Waals surface area contributed by atoms with E-state index in [0.29, 0.717) is 12.2 Å². The van der Waals surface area contributed by atoms with Gasteiger partial charge in [0.05, 0.1) is 0 Å². The number of rotatable bonds is 11. The first-order valence-electron chi connectivity index (χ1n) is 9.53. The maximum absolute atomic E-state index is 12.2. The van der Waals surface area contributed by atoms with Crippen LogP contribution >= 0.6 is 11.8 Å². The lowest BCUT2D eigenvalue weighted by Gasteiger charge is -2.10. The third kappa shape index (κ3) is 7.76. The second kappa shape index (κ2) is 11.2. The molecule has 2 aromatic carbocycles. The van der Waals surface area contributed by atoms with Gasteiger partial charge >= 0.3 is 0 Å². The van der Waals surface area contributed by atoms with Gasteiger partial charge in [0.15, 0.2) is 0 Å². The molecule has 26 heavy (non-hydrogen) atoms. The Morgan fingerprint density at radius 3 is 2.38 bits per heavy atom. The average Bonchev–Trinajstić information content (AvgIpc) is 2.62. The fourth-order valence-electron chi connectivity index (χ4n) is 2.87. The van der Waals surface area contributed by atoms with Gasteiger partial charge in [0.2, 0.25) is 0 Å². The number of carbonyl (C=O) groups excluding carboxylic acids is 1. The molecular formula is C23H31NOS. The summed E-state index contributed by atoms with van der Waals surface area (Å²) in [6, 6.07) is 17.1.